The summed E-state index contributed by atoms with van der Waals surface area (Å²) in [5.74, 6) is 0. The number of thiophene rings is 1. The molecule has 2 saturated heterocycles. The van der Waals surface area contributed by atoms with E-state index >= 15 is 0 Å². The van der Waals surface area contributed by atoms with Gasteiger partial charge in [0.1, 0.15) is 0 Å². The van der Waals surface area contributed by atoms with Crippen molar-refractivity contribution in [1.29, 1.82) is 0 Å². The number of halogens is 3. The van der Waals surface area contributed by atoms with E-state index < -0.39 is 11.7 Å². The maximum Gasteiger partial charge on any atom is 0.416 e. The summed E-state index contributed by atoms with van der Waals surface area (Å²) >= 11 is 1.78. The van der Waals surface area contributed by atoms with Crippen LogP contribution in [0, 0.1) is 0 Å². The summed E-state index contributed by atoms with van der Waals surface area (Å²) in [6.45, 7) is 0.970. The van der Waals surface area contributed by atoms with Gasteiger partial charge in [0.2, 0.25) is 0 Å². The van der Waals surface area contributed by atoms with Gasteiger partial charge in [0.15, 0.2) is 0 Å². The van der Waals surface area contributed by atoms with Crippen molar-refractivity contribution in [2.24, 2.45) is 0 Å². The average molecular weight is 424 g/mol. The first kappa shape index (κ1) is 20.2. The molecular weight excluding hydrogens is 399 g/mol. The SMILES string of the molecule is O=C(Nc1ccc(C(F)(F)F)cc1)NC1CC2CCCC(C1)N2Cc1cccs1. The van der Waals surface area contributed by atoms with E-state index in [2.05, 4.69) is 33.0 Å². The molecule has 2 amide bonds. The highest BCUT2D eigenvalue weighted by molar-refractivity contribution is 7.09. The molecule has 1 aromatic carbocycles. The molecule has 0 spiro atoms. The molecule has 2 aromatic rings. The third kappa shape index (κ3) is 4.93. The zero-order valence-corrected chi connectivity index (χ0v) is 16.7. The van der Waals surface area contributed by atoms with E-state index in [1.54, 1.807) is 11.3 Å². The Labute approximate surface area is 172 Å². The fraction of sp³-hybridized carbons (Fsp3) is 0.476. The topological polar surface area (TPSA) is 44.4 Å². The first-order chi connectivity index (χ1) is 13.9. The number of benzene rings is 1. The minimum absolute atomic E-state index is 0.0827. The van der Waals surface area contributed by atoms with E-state index in [0.717, 1.165) is 44.4 Å². The number of nitrogens with zero attached hydrogens (tertiary/aromatic N) is 1. The van der Waals surface area contributed by atoms with Crippen molar-refractivity contribution in [3.05, 3.63) is 52.2 Å². The molecular formula is C21H24F3N3OS. The summed E-state index contributed by atoms with van der Waals surface area (Å²) in [6, 6.07) is 9.40. The van der Waals surface area contributed by atoms with Gasteiger partial charge < -0.3 is 10.6 Å². The van der Waals surface area contributed by atoms with Crippen LogP contribution in [0.5, 0.6) is 0 Å². The highest BCUT2D eigenvalue weighted by Crippen LogP contribution is 2.36. The van der Waals surface area contributed by atoms with Gasteiger partial charge >= 0.3 is 12.2 Å². The number of alkyl halides is 3. The summed E-state index contributed by atoms with van der Waals surface area (Å²) < 4.78 is 38.0. The number of piperidine rings is 2. The predicted molar refractivity (Wildman–Crippen MR) is 108 cm³/mol. The van der Waals surface area contributed by atoms with Crippen LogP contribution >= 0.6 is 11.3 Å². The van der Waals surface area contributed by atoms with Crippen molar-refractivity contribution in [2.45, 2.75) is 63.0 Å². The minimum Gasteiger partial charge on any atom is -0.335 e. The lowest BCUT2D eigenvalue weighted by Crippen LogP contribution is -2.56. The van der Waals surface area contributed by atoms with Crippen LogP contribution in [0.15, 0.2) is 41.8 Å². The first-order valence-electron chi connectivity index (χ1n) is 9.91. The van der Waals surface area contributed by atoms with Crippen LogP contribution < -0.4 is 10.6 Å². The molecule has 2 aliphatic rings. The smallest absolute Gasteiger partial charge is 0.335 e. The standard InChI is InChI=1S/C21H24F3N3OS/c22-21(23,24)14-6-8-15(9-7-14)25-20(28)26-16-11-17-3-1-4-18(12-16)27(17)13-19-5-2-10-29-19/h2,5-10,16-18H,1,3-4,11-13H2,(H2,25,26,28). The number of hydrogen-bond acceptors (Lipinski definition) is 3. The summed E-state index contributed by atoms with van der Waals surface area (Å²) in [5.41, 5.74) is -0.375. The number of carbonyl (C=O) groups is 1. The Balaban J connectivity index is 1.32. The predicted octanol–water partition coefficient (Wildman–Crippen LogP) is 5.47. The fourth-order valence-corrected chi connectivity index (χ4v) is 5.24. The monoisotopic (exact) mass is 423 g/mol. The molecule has 29 heavy (non-hydrogen) atoms. The fourth-order valence-electron chi connectivity index (χ4n) is 4.53. The van der Waals surface area contributed by atoms with Crippen molar-refractivity contribution < 1.29 is 18.0 Å². The number of urea groups is 1. The molecule has 2 unspecified atom stereocenters. The van der Waals surface area contributed by atoms with Crippen LogP contribution in [0.2, 0.25) is 0 Å². The first-order valence-corrected chi connectivity index (χ1v) is 10.8. The van der Waals surface area contributed by atoms with Gasteiger partial charge in [-0.15, -0.1) is 11.3 Å². The lowest BCUT2D eigenvalue weighted by atomic mass is 9.81. The molecule has 4 rings (SSSR count). The zero-order valence-electron chi connectivity index (χ0n) is 15.9. The number of fused-ring (bicyclic) bond motifs is 2. The Kier molecular flexibility index (Phi) is 5.83. The number of rotatable bonds is 4. The van der Waals surface area contributed by atoms with E-state index in [-0.39, 0.29) is 12.1 Å². The highest BCUT2D eigenvalue weighted by atomic mass is 32.1. The Morgan fingerprint density at radius 3 is 2.38 bits per heavy atom. The second-order valence-corrected chi connectivity index (χ2v) is 8.86. The Morgan fingerprint density at radius 2 is 1.79 bits per heavy atom. The van der Waals surface area contributed by atoms with Gasteiger partial charge in [-0.05, 0) is 61.4 Å². The average Bonchev–Trinajstić information content (AvgIpc) is 3.15. The Morgan fingerprint density at radius 1 is 1.10 bits per heavy atom. The maximum atomic E-state index is 12.7. The molecule has 2 fully saturated rings. The van der Waals surface area contributed by atoms with Gasteiger partial charge in [0.25, 0.3) is 0 Å². The lowest BCUT2D eigenvalue weighted by molar-refractivity contribution is -0.137. The van der Waals surface area contributed by atoms with Gasteiger partial charge in [0.05, 0.1) is 5.56 Å². The van der Waals surface area contributed by atoms with Crippen molar-refractivity contribution in [1.82, 2.24) is 10.2 Å². The van der Waals surface area contributed by atoms with Crippen LogP contribution in [0.4, 0.5) is 23.7 Å². The quantitative estimate of drug-likeness (QED) is 0.685. The van der Waals surface area contributed by atoms with E-state index in [1.807, 2.05) is 0 Å². The molecule has 0 radical (unpaired) electrons. The molecule has 2 aliphatic heterocycles. The van der Waals surface area contributed by atoms with Gasteiger partial charge in [-0.25, -0.2) is 4.79 Å². The summed E-state index contributed by atoms with van der Waals surface area (Å²) in [4.78, 5) is 16.3. The van der Waals surface area contributed by atoms with E-state index in [4.69, 9.17) is 0 Å². The van der Waals surface area contributed by atoms with Crippen molar-refractivity contribution in [3.8, 4) is 0 Å². The number of amides is 2. The number of anilines is 1. The maximum absolute atomic E-state index is 12.7. The zero-order chi connectivity index (χ0) is 20.4. The van der Waals surface area contributed by atoms with E-state index in [9.17, 15) is 18.0 Å². The third-order valence-electron chi connectivity index (χ3n) is 5.85. The van der Waals surface area contributed by atoms with Crippen LogP contribution in [0.1, 0.15) is 42.5 Å². The summed E-state index contributed by atoms with van der Waals surface area (Å²) in [5, 5.41) is 7.78. The number of hydrogen-bond donors (Lipinski definition) is 2. The normalized spacial score (nSPS) is 24.9. The molecule has 0 saturated carbocycles. The van der Waals surface area contributed by atoms with Crippen molar-refractivity contribution in [2.75, 3.05) is 5.32 Å². The molecule has 0 aliphatic carbocycles. The molecule has 4 nitrogen and oxygen atoms in total. The second kappa shape index (κ2) is 8.36. The molecule has 2 atom stereocenters. The molecule has 156 valence electrons. The lowest BCUT2D eigenvalue weighted by Gasteiger charge is -2.48. The van der Waals surface area contributed by atoms with Gasteiger partial charge in [-0.3, -0.25) is 4.90 Å². The van der Waals surface area contributed by atoms with Gasteiger partial charge in [-0.2, -0.15) is 13.2 Å². The summed E-state index contributed by atoms with van der Waals surface area (Å²) in [6.07, 6.45) is 0.933. The molecule has 1 aromatic heterocycles. The molecule has 3 heterocycles. The minimum atomic E-state index is -4.38. The van der Waals surface area contributed by atoms with Crippen molar-refractivity contribution in [3.63, 3.8) is 0 Å². The highest BCUT2D eigenvalue weighted by Gasteiger charge is 2.38. The van der Waals surface area contributed by atoms with Gasteiger partial charge in [0, 0.05) is 35.2 Å². The largest absolute Gasteiger partial charge is 0.416 e. The third-order valence-corrected chi connectivity index (χ3v) is 6.71. The Hall–Kier alpha value is -2.06. The number of carbonyl (C=O) groups excluding carboxylic acids is 1. The number of nitrogens with one attached hydrogen (secondary N) is 2. The van der Waals surface area contributed by atoms with Gasteiger partial charge in [-0.1, -0.05) is 12.5 Å². The molecule has 8 heteroatoms. The van der Waals surface area contributed by atoms with E-state index in [0.29, 0.717) is 17.8 Å². The molecule has 2 bridgehead atoms. The second-order valence-electron chi connectivity index (χ2n) is 7.83. The van der Waals surface area contributed by atoms with Crippen LogP contribution in [-0.2, 0) is 12.7 Å². The van der Waals surface area contributed by atoms with Crippen LogP contribution in [0.3, 0.4) is 0 Å². The summed E-state index contributed by atoms with van der Waals surface area (Å²) in [7, 11) is 0. The van der Waals surface area contributed by atoms with Crippen LogP contribution in [0.25, 0.3) is 0 Å². The van der Waals surface area contributed by atoms with E-state index in [1.165, 1.54) is 23.4 Å². The van der Waals surface area contributed by atoms with Crippen molar-refractivity contribution >= 4 is 23.1 Å². The Bertz CT molecular complexity index is 809. The van der Waals surface area contributed by atoms with Crippen LogP contribution in [-0.4, -0.2) is 29.1 Å². The molecule has 2 N–H and O–H groups in total.